The van der Waals surface area contributed by atoms with Gasteiger partial charge in [0.2, 0.25) is 5.91 Å². The van der Waals surface area contributed by atoms with Crippen molar-refractivity contribution in [3.63, 3.8) is 0 Å². The Balaban J connectivity index is 5.19. The van der Waals surface area contributed by atoms with Crippen molar-refractivity contribution in [2.24, 2.45) is 0 Å². The molecule has 9 nitrogen and oxygen atoms in total. The van der Waals surface area contributed by atoms with Gasteiger partial charge in [0.25, 0.3) is 7.82 Å². The summed E-state index contributed by atoms with van der Waals surface area (Å²) in [7, 11) is 1.14. The van der Waals surface area contributed by atoms with E-state index in [4.69, 9.17) is 13.8 Å². The first-order valence-corrected chi connectivity index (χ1v) is 33.7. The molecule has 0 aliphatic carbocycles. The Morgan fingerprint density at radius 2 is 0.823 bits per heavy atom. The molecule has 0 aromatic carbocycles. The number of phosphoric ester groups is 1. The smallest absolute Gasteiger partial charge is 0.306 e. The van der Waals surface area contributed by atoms with E-state index in [2.05, 4.69) is 117 Å². The molecule has 3 atom stereocenters. The van der Waals surface area contributed by atoms with Gasteiger partial charge in [0.05, 0.1) is 33.8 Å². The molecule has 1 amide bonds. The van der Waals surface area contributed by atoms with Crippen LogP contribution in [0.3, 0.4) is 0 Å². The van der Waals surface area contributed by atoms with Crippen molar-refractivity contribution in [1.82, 2.24) is 5.32 Å². The van der Waals surface area contributed by atoms with Crippen LogP contribution < -0.4 is 10.2 Å². The average molecular weight is 1120 g/mol. The second-order valence-electron chi connectivity index (χ2n) is 22.5. The van der Waals surface area contributed by atoms with E-state index in [1.54, 1.807) is 0 Å². The van der Waals surface area contributed by atoms with E-state index in [0.717, 1.165) is 103 Å². The first-order chi connectivity index (χ1) is 38.4. The highest BCUT2D eigenvalue weighted by Gasteiger charge is 2.27. The van der Waals surface area contributed by atoms with Gasteiger partial charge in [-0.05, 0) is 102 Å². The van der Waals surface area contributed by atoms with Crippen LogP contribution in [0, 0.1) is 0 Å². The number of nitrogens with one attached hydrogen (secondary N) is 1. The molecule has 0 rings (SSSR count). The van der Waals surface area contributed by atoms with Gasteiger partial charge < -0.3 is 28.5 Å². The fraction of sp³-hybridized carbons (Fsp3) is 0.710. The predicted molar refractivity (Wildman–Crippen MR) is 339 cm³/mol. The summed E-state index contributed by atoms with van der Waals surface area (Å²) in [6.45, 7) is 6.67. The molecule has 10 heteroatoms. The van der Waals surface area contributed by atoms with Crippen LogP contribution >= 0.6 is 7.82 Å². The average Bonchev–Trinajstić information content (AvgIpc) is 3.41. The van der Waals surface area contributed by atoms with E-state index in [-0.39, 0.29) is 18.9 Å². The lowest BCUT2D eigenvalue weighted by Gasteiger charge is -2.30. The number of hydrogen-bond acceptors (Lipinski definition) is 7. The van der Waals surface area contributed by atoms with Gasteiger partial charge >= 0.3 is 5.97 Å². The summed E-state index contributed by atoms with van der Waals surface area (Å²) in [6, 6.07) is -0.922. The Morgan fingerprint density at radius 1 is 0.456 bits per heavy atom. The Kier molecular flexibility index (Phi) is 55.4. The summed E-state index contributed by atoms with van der Waals surface area (Å²) >= 11 is 0. The molecule has 0 aliphatic heterocycles. The lowest BCUT2D eigenvalue weighted by molar-refractivity contribution is -0.870. The van der Waals surface area contributed by atoms with Crippen LogP contribution in [0.1, 0.15) is 265 Å². The molecule has 0 aliphatic rings. The summed E-state index contributed by atoms with van der Waals surface area (Å²) in [5.74, 6) is -0.632. The van der Waals surface area contributed by atoms with E-state index in [9.17, 15) is 19.0 Å². The first kappa shape index (κ1) is 75.7. The number of carbonyl (C=O) groups is 2. The summed E-state index contributed by atoms with van der Waals surface area (Å²) in [5, 5.41) is 3.01. The van der Waals surface area contributed by atoms with Gasteiger partial charge in [-0.15, -0.1) is 0 Å². The number of ether oxygens (including phenoxy) is 1. The van der Waals surface area contributed by atoms with E-state index in [0.29, 0.717) is 23.9 Å². The topological polar surface area (TPSA) is 114 Å². The van der Waals surface area contributed by atoms with Crippen molar-refractivity contribution in [2.75, 3.05) is 40.9 Å². The number of carbonyl (C=O) groups excluding carboxylic acids is 2. The molecule has 0 bridgehead atoms. The van der Waals surface area contributed by atoms with Crippen molar-refractivity contribution >= 4 is 19.7 Å². The summed E-state index contributed by atoms with van der Waals surface area (Å²) in [4.78, 5) is 40.0. The maximum Gasteiger partial charge on any atom is 0.306 e. The van der Waals surface area contributed by atoms with Crippen LogP contribution in [0.4, 0.5) is 0 Å². The van der Waals surface area contributed by atoms with Crippen LogP contribution in [0.15, 0.2) is 109 Å². The fourth-order valence-electron chi connectivity index (χ4n) is 8.75. The monoisotopic (exact) mass is 1120 g/mol. The molecule has 0 saturated heterocycles. The first-order valence-electron chi connectivity index (χ1n) is 32.2. The lowest BCUT2D eigenvalue weighted by atomic mass is 10.0. The third-order valence-corrected chi connectivity index (χ3v) is 14.7. The Morgan fingerprint density at radius 3 is 1.24 bits per heavy atom. The molecular formula is C69H121N2O7P. The number of hydrogen-bond donors (Lipinski definition) is 1. The number of esters is 1. The Labute approximate surface area is 487 Å². The lowest BCUT2D eigenvalue weighted by Crippen LogP contribution is -2.47. The molecule has 0 heterocycles. The summed E-state index contributed by atoms with van der Waals surface area (Å²) < 4.78 is 30.3. The molecular weight excluding hydrogens is 1000 g/mol. The Bertz CT molecular complexity index is 1720. The van der Waals surface area contributed by atoms with Gasteiger partial charge in [-0.2, -0.15) is 0 Å². The third-order valence-electron chi connectivity index (χ3n) is 13.7. The number of allylic oxidation sites excluding steroid dienone is 17. The van der Waals surface area contributed by atoms with Gasteiger partial charge in [-0.1, -0.05) is 259 Å². The highest BCUT2D eigenvalue weighted by atomic mass is 31.2. The van der Waals surface area contributed by atoms with Crippen LogP contribution in [0.25, 0.3) is 0 Å². The number of rotatable bonds is 57. The van der Waals surface area contributed by atoms with Gasteiger partial charge in [-0.25, -0.2) is 0 Å². The number of likely N-dealkylation sites (N-methyl/N-ethyl adjacent to an activating group) is 1. The second-order valence-corrected chi connectivity index (χ2v) is 23.9. The van der Waals surface area contributed by atoms with Gasteiger partial charge in [0.15, 0.2) is 0 Å². The quantitative estimate of drug-likeness (QED) is 0.0212. The van der Waals surface area contributed by atoms with Gasteiger partial charge in [-0.3, -0.25) is 14.2 Å². The van der Waals surface area contributed by atoms with Crippen molar-refractivity contribution in [3.8, 4) is 0 Å². The van der Waals surface area contributed by atoms with Crippen molar-refractivity contribution in [3.05, 3.63) is 109 Å². The van der Waals surface area contributed by atoms with Crippen molar-refractivity contribution in [1.29, 1.82) is 0 Å². The van der Waals surface area contributed by atoms with E-state index < -0.39 is 32.5 Å². The minimum Gasteiger partial charge on any atom is -0.756 e. The van der Waals surface area contributed by atoms with E-state index in [1.807, 2.05) is 39.4 Å². The minimum absolute atomic E-state index is 0.0364. The SMILES string of the molecule is CC/C=C\C/C=C\C/C=C\C/C=C\C/C=C\C/C=C\CCCCCCCCCCC(=O)NC(COP(=O)([O-])OCC[N+](C)(C)C)C(/C=C\CCCCCCCCCCCCC)OC(=O)CC/C=C/C/C=C\CCCCCCCC. The zero-order valence-corrected chi connectivity index (χ0v) is 52.7. The molecule has 1 N–H and O–H groups in total. The molecule has 3 unspecified atom stereocenters. The maximum atomic E-state index is 13.5. The molecule has 0 saturated carbocycles. The molecule has 0 aromatic heterocycles. The standard InChI is InChI=1S/C69H121N2O7P/c1-7-10-13-16-19-22-25-28-29-30-31-32-33-34-35-36-37-38-39-40-41-44-46-49-52-55-58-61-68(72)70-66(65-77-79(74,75)76-64-63-71(4,5)6)67(60-57-54-51-48-45-42-26-23-20-17-14-11-8-2)78-69(73)62-59-56-53-50-47-43-27-24-21-18-15-12-9-3/h10,13,19,22,28-29,31-32,34-35,37-38,43,47,53,56-57,60,66-67H,7-9,11-12,14-18,20-21,23-27,30,33,36,39-42,44-46,48-52,54-55,58-59,61-65H2,1-6H3,(H-,70,72,74,75)/b13-10-,22-19-,29-28-,32-31-,35-34-,38-37-,47-43-,56-53+,60-57-. The number of amides is 1. The highest BCUT2D eigenvalue weighted by molar-refractivity contribution is 7.45. The fourth-order valence-corrected chi connectivity index (χ4v) is 9.48. The van der Waals surface area contributed by atoms with Crippen molar-refractivity contribution in [2.45, 2.75) is 277 Å². The van der Waals surface area contributed by atoms with Gasteiger partial charge in [0.1, 0.15) is 19.3 Å². The zero-order chi connectivity index (χ0) is 57.9. The number of quaternary nitrogens is 1. The van der Waals surface area contributed by atoms with Crippen LogP contribution in [-0.4, -0.2) is 69.4 Å². The molecule has 0 fully saturated rings. The molecule has 79 heavy (non-hydrogen) atoms. The number of unbranched alkanes of at least 4 members (excludes halogenated alkanes) is 25. The summed E-state index contributed by atoms with van der Waals surface area (Å²) in [5.41, 5.74) is 0. The number of phosphoric acid groups is 1. The largest absolute Gasteiger partial charge is 0.756 e. The van der Waals surface area contributed by atoms with Crippen LogP contribution in [0.5, 0.6) is 0 Å². The maximum absolute atomic E-state index is 13.5. The second kappa shape index (κ2) is 57.9. The molecule has 0 spiro atoms. The molecule has 454 valence electrons. The third kappa shape index (κ3) is 59.1. The van der Waals surface area contributed by atoms with Crippen LogP contribution in [0.2, 0.25) is 0 Å². The predicted octanol–water partition coefficient (Wildman–Crippen LogP) is 19.5. The molecule has 0 radical (unpaired) electrons. The Hall–Kier alpha value is -3.33. The zero-order valence-electron chi connectivity index (χ0n) is 51.8. The molecule has 0 aromatic rings. The summed E-state index contributed by atoms with van der Waals surface area (Å²) in [6.07, 6.45) is 79.3. The van der Waals surface area contributed by atoms with E-state index in [1.165, 1.54) is 122 Å². The van der Waals surface area contributed by atoms with Crippen LogP contribution in [-0.2, 0) is 27.9 Å². The van der Waals surface area contributed by atoms with Gasteiger partial charge in [0, 0.05) is 12.8 Å². The van der Waals surface area contributed by atoms with Crippen molar-refractivity contribution < 1.29 is 37.3 Å². The number of nitrogens with zero attached hydrogens (tertiary/aromatic N) is 1. The highest BCUT2D eigenvalue weighted by Crippen LogP contribution is 2.38. The minimum atomic E-state index is -4.72. The normalized spacial score (nSPS) is 14.4. The van der Waals surface area contributed by atoms with E-state index >= 15 is 0 Å².